The van der Waals surface area contributed by atoms with Crippen LogP contribution < -0.4 is 5.32 Å². The summed E-state index contributed by atoms with van der Waals surface area (Å²) >= 11 is 0. The Morgan fingerprint density at radius 1 is 1.62 bits per heavy atom. The standard InChI is InChI=1S/C10H16N2O/c1-2-11-6-9-10(13-7-12-9)5-8-3-4-8/h7-8,11H,2-6H2,1H3. The third-order valence-electron chi connectivity index (χ3n) is 2.44. The maximum atomic E-state index is 5.36. The number of rotatable bonds is 5. The third-order valence-corrected chi connectivity index (χ3v) is 2.44. The molecule has 0 aromatic carbocycles. The molecular formula is C10H16N2O. The molecule has 0 radical (unpaired) electrons. The molecule has 3 heteroatoms. The number of aromatic nitrogens is 1. The normalized spacial score (nSPS) is 16.4. The van der Waals surface area contributed by atoms with Crippen LogP contribution in [0.3, 0.4) is 0 Å². The van der Waals surface area contributed by atoms with Gasteiger partial charge in [0.05, 0.1) is 5.69 Å². The van der Waals surface area contributed by atoms with Crippen LogP contribution in [0.4, 0.5) is 0 Å². The minimum absolute atomic E-state index is 0.842. The van der Waals surface area contributed by atoms with Crippen LogP contribution in [0.15, 0.2) is 10.8 Å². The van der Waals surface area contributed by atoms with Crippen molar-refractivity contribution in [3.63, 3.8) is 0 Å². The van der Waals surface area contributed by atoms with Gasteiger partial charge in [-0.15, -0.1) is 0 Å². The van der Waals surface area contributed by atoms with Crippen LogP contribution in [0.2, 0.25) is 0 Å². The quantitative estimate of drug-likeness (QED) is 0.750. The maximum Gasteiger partial charge on any atom is 0.181 e. The molecule has 0 unspecified atom stereocenters. The lowest BCUT2D eigenvalue weighted by Crippen LogP contribution is -2.13. The molecule has 1 aliphatic carbocycles. The summed E-state index contributed by atoms with van der Waals surface area (Å²) < 4.78 is 5.36. The smallest absolute Gasteiger partial charge is 0.181 e. The summed E-state index contributed by atoms with van der Waals surface area (Å²) in [5, 5.41) is 3.26. The van der Waals surface area contributed by atoms with E-state index >= 15 is 0 Å². The fourth-order valence-corrected chi connectivity index (χ4v) is 1.43. The molecule has 0 aliphatic heterocycles. The van der Waals surface area contributed by atoms with Crippen molar-refractivity contribution in [1.29, 1.82) is 0 Å². The summed E-state index contributed by atoms with van der Waals surface area (Å²) in [4.78, 5) is 4.21. The Bertz CT molecular complexity index is 266. The Labute approximate surface area is 78.5 Å². The van der Waals surface area contributed by atoms with Gasteiger partial charge in [-0.1, -0.05) is 6.92 Å². The monoisotopic (exact) mass is 180 g/mol. The summed E-state index contributed by atoms with van der Waals surface area (Å²) in [6.45, 7) is 3.92. The van der Waals surface area contributed by atoms with E-state index in [4.69, 9.17) is 4.42 Å². The summed E-state index contributed by atoms with van der Waals surface area (Å²) in [6.07, 6.45) is 5.37. The predicted octanol–water partition coefficient (Wildman–Crippen LogP) is 1.74. The molecular weight excluding hydrogens is 164 g/mol. The Kier molecular flexibility index (Phi) is 2.64. The number of nitrogens with one attached hydrogen (secondary N) is 1. The molecule has 0 amide bonds. The van der Waals surface area contributed by atoms with Crippen LogP contribution in [0.5, 0.6) is 0 Å². The second-order valence-electron chi connectivity index (χ2n) is 3.65. The molecule has 1 aromatic heterocycles. The SMILES string of the molecule is CCNCc1ncoc1CC1CC1. The van der Waals surface area contributed by atoms with Crippen molar-refractivity contribution in [2.75, 3.05) is 6.54 Å². The van der Waals surface area contributed by atoms with Crippen molar-refractivity contribution in [3.8, 4) is 0 Å². The average molecular weight is 180 g/mol. The average Bonchev–Trinajstić information content (AvgIpc) is 2.82. The van der Waals surface area contributed by atoms with Crippen LogP contribution in [-0.2, 0) is 13.0 Å². The molecule has 2 rings (SSSR count). The van der Waals surface area contributed by atoms with E-state index in [0.717, 1.165) is 36.9 Å². The lowest BCUT2D eigenvalue weighted by atomic mass is 10.2. The zero-order valence-electron chi connectivity index (χ0n) is 8.05. The summed E-state index contributed by atoms with van der Waals surface area (Å²) in [5.74, 6) is 1.96. The molecule has 1 fully saturated rings. The van der Waals surface area contributed by atoms with Crippen molar-refractivity contribution in [3.05, 3.63) is 17.8 Å². The van der Waals surface area contributed by atoms with Gasteiger partial charge in [-0.3, -0.25) is 0 Å². The van der Waals surface area contributed by atoms with E-state index < -0.39 is 0 Å². The Hall–Kier alpha value is -0.830. The summed E-state index contributed by atoms with van der Waals surface area (Å²) in [6, 6.07) is 0. The number of nitrogens with zero attached hydrogens (tertiary/aromatic N) is 1. The second-order valence-corrected chi connectivity index (χ2v) is 3.65. The zero-order valence-corrected chi connectivity index (χ0v) is 8.05. The molecule has 0 bridgehead atoms. The van der Waals surface area contributed by atoms with Gasteiger partial charge in [0.25, 0.3) is 0 Å². The first kappa shape index (κ1) is 8.75. The molecule has 13 heavy (non-hydrogen) atoms. The number of oxazole rings is 1. The van der Waals surface area contributed by atoms with Crippen LogP contribution in [0.1, 0.15) is 31.2 Å². The van der Waals surface area contributed by atoms with E-state index in [0.29, 0.717) is 0 Å². The molecule has 1 aromatic rings. The molecule has 0 spiro atoms. The number of hydrogen-bond donors (Lipinski definition) is 1. The number of hydrogen-bond acceptors (Lipinski definition) is 3. The van der Waals surface area contributed by atoms with Crippen LogP contribution in [0.25, 0.3) is 0 Å². The third kappa shape index (κ3) is 2.31. The van der Waals surface area contributed by atoms with Gasteiger partial charge in [-0.2, -0.15) is 0 Å². The van der Waals surface area contributed by atoms with Gasteiger partial charge < -0.3 is 9.73 Å². The molecule has 1 N–H and O–H groups in total. The lowest BCUT2D eigenvalue weighted by molar-refractivity contribution is 0.487. The highest BCUT2D eigenvalue weighted by Gasteiger charge is 2.24. The van der Waals surface area contributed by atoms with Crippen molar-refractivity contribution in [2.24, 2.45) is 5.92 Å². The highest BCUT2D eigenvalue weighted by atomic mass is 16.3. The second kappa shape index (κ2) is 3.92. The lowest BCUT2D eigenvalue weighted by Gasteiger charge is -2.00. The highest BCUT2D eigenvalue weighted by molar-refractivity contribution is 5.09. The van der Waals surface area contributed by atoms with Gasteiger partial charge in [0.2, 0.25) is 0 Å². The Balaban J connectivity index is 1.93. The van der Waals surface area contributed by atoms with Gasteiger partial charge >= 0.3 is 0 Å². The molecule has 0 saturated heterocycles. The minimum Gasteiger partial charge on any atom is -0.448 e. The topological polar surface area (TPSA) is 38.1 Å². The van der Waals surface area contributed by atoms with Gasteiger partial charge in [0, 0.05) is 13.0 Å². The molecule has 72 valence electrons. The van der Waals surface area contributed by atoms with Gasteiger partial charge in [-0.05, 0) is 25.3 Å². The van der Waals surface area contributed by atoms with E-state index in [9.17, 15) is 0 Å². The van der Waals surface area contributed by atoms with Crippen LogP contribution in [0, 0.1) is 5.92 Å². The summed E-state index contributed by atoms with van der Waals surface area (Å²) in [7, 11) is 0. The van der Waals surface area contributed by atoms with E-state index in [2.05, 4.69) is 17.2 Å². The molecule has 3 nitrogen and oxygen atoms in total. The molecule has 1 aliphatic rings. The van der Waals surface area contributed by atoms with Gasteiger partial charge in [-0.25, -0.2) is 4.98 Å². The van der Waals surface area contributed by atoms with Crippen molar-refractivity contribution in [1.82, 2.24) is 10.3 Å². The summed E-state index contributed by atoms with van der Waals surface area (Å²) in [5.41, 5.74) is 1.09. The molecule has 1 saturated carbocycles. The fourth-order valence-electron chi connectivity index (χ4n) is 1.43. The van der Waals surface area contributed by atoms with E-state index in [-0.39, 0.29) is 0 Å². The first-order valence-electron chi connectivity index (χ1n) is 5.02. The van der Waals surface area contributed by atoms with Crippen molar-refractivity contribution in [2.45, 2.75) is 32.7 Å². The first-order chi connectivity index (χ1) is 6.40. The first-order valence-corrected chi connectivity index (χ1v) is 5.02. The van der Waals surface area contributed by atoms with Crippen LogP contribution in [-0.4, -0.2) is 11.5 Å². The van der Waals surface area contributed by atoms with Gasteiger partial charge in [0.1, 0.15) is 5.76 Å². The largest absolute Gasteiger partial charge is 0.448 e. The Morgan fingerprint density at radius 3 is 3.15 bits per heavy atom. The highest BCUT2D eigenvalue weighted by Crippen LogP contribution is 2.33. The van der Waals surface area contributed by atoms with Gasteiger partial charge in [0.15, 0.2) is 6.39 Å². The van der Waals surface area contributed by atoms with E-state index in [1.807, 2.05) is 0 Å². The predicted molar refractivity (Wildman–Crippen MR) is 50.3 cm³/mol. The van der Waals surface area contributed by atoms with Crippen molar-refractivity contribution < 1.29 is 4.42 Å². The molecule has 0 atom stereocenters. The van der Waals surface area contributed by atoms with E-state index in [1.54, 1.807) is 6.39 Å². The maximum absolute atomic E-state index is 5.36. The van der Waals surface area contributed by atoms with E-state index in [1.165, 1.54) is 12.8 Å². The fraction of sp³-hybridized carbons (Fsp3) is 0.700. The zero-order chi connectivity index (χ0) is 9.10. The Morgan fingerprint density at radius 2 is 2.46 bits per heavy atom. The van der Waals surface area contributed by atoms with Crippen LogP contribution >= 0.6 is 0 Å². The minimum atomic E-state index is 0.842. The van der Waals surface area contributed by atoms with Crippen molar-refractivity contribution >= 4 is 0 Å². The molecule has 1 heterocycles.